The summed E-state index contributed by atoms with van der Waals surface area (Å²) in [6.07, 6.45) is 1.31. The number of imide groups is 1. The minimum atomic E-state index is -0.625. The predicted molar refractivity (Wildman–Crippen MR) is 105 cm³/mol. The second kappa shape index (κ2) is 8.71. The molecule has 1 N–H and O–H groups in total. The zero-order valence-corrected chi connectivity index (χ0v) is 15.8. The van der Waals surface area contributed by atoms with Gasteiger partial charge in [0.05, 0.1) is 11.5 Å². The number of ether oxygens (including phenoxy) is 1. The molecule has 6 nitrogen and oxygen atoms in total. The number of hydrogen-bond acceptors (Lipinski definition) is 5. The molecule has 3 amide bonds. The molecule has 0 atom stereocenters. The first kappa shape index (κ1) is 19.6. The topological polar surface area (TPSA) is 75.7 Å². The quantitative estimate of drug-likeness (QED) is 0.745. The lowest BCUT2D eigenvalue weighted by molar-refractivity contribution is -0.127. The number of halogens is 1. The molecular formula is C20H17FN2O4S. The molecule has 0 aromatic heterocycles. The number of anilines is 1. The van der Waals surface area contributed by atoms with Gasteiger partial charge < -0.3 is 10.1 Å². The smallest absolute Gasteiger partial charge is 0.294 e. The number of hydrogen-bond donors (Lipinski definition) is 1. The van der Waals surface area contributed by atoms with Crippen molar-refractivity contribution < 1.29 is 23.5 Å². The third kappa shape index (κ3) is 4.58. The average molecular weight is 400 g/mol. The number of carbonyl (C=O) groups excluding carboxylic acids is 3. The molecular weight excluding hydrogens is 383 g/mol. The van der Waals surface area contributed by atoms with E-state index in [9.17, 15) is 18.8 Å². The summed E-state index contributed by atoms with van der Waals surface area (Å²) in [5.41, 5.74) is 0.717. The fraction of sp³-hybridized carbons (Fsp3) is 0.150. The van der Waals surface area contributed by atoms with Crippen LogP contribution in [0.4, 0.5) is 14.9 Å². The molecule has 1 fully saturated rings. The van der Waals surface area contributed by atoms with Crippen LogP contribution in [-0.4, -0.2) is 35.1 Å². The molecule has 1 heterocycles. The van der Waals surface area contributed by atoms with Crippen molar-refractivity contribution in [3.05, 3.63) is 64.8 Å². The molecule has 0 spiro atoms. The van der Waals surface area contributed by atoms with Crippen LogP contribution in [-0.2, 0) is 9.59 Å². The van der Waals surface area contributed by atoms with E-state index in [2.05, 4.69) is 5.32 Å². The molecule has 28 heavy (non-hydrogen) atoms. The molecule has 0 saturated carbocycles. The molecule has 0 unspecified atom stereocenters. The molecule has 2 aromatic carbocycles. The van der Waals surface area contributed by atoms with E-state index in [1.165, 1.54) is 24.3 Å². The van der Waals surface area contributed by atoms with Gasteiger partial charge in [-0.15, -0.1) is 0 Å². The van der Waals surface area contributed by atoms with Gasteiger partial charge in [0, 0.05) is 11.3 Å². The first-order valence-electron chi connectivity index (χ1n) is 8.50. The van der Waals surface area contributed by atoms with Crippen molar-refractivity contribution in [1.82, 2.24) is 4.90 Å². The van der Waals surface area contributed by atoms with Crippen LogP contribution < -0.4 is 10.1 Å². The Bertz CT molecular complexity index is 943. The third-order valence-corrected chi connectivity index (χ3v) is 4.72. The Morgan fingerprint density at radius 2 is 1.89 bits per heavy atom. The molecule has 1 aliphatic heterocycles. The van der Waals surface area contributed by atoms with Crippen LogP contribution in [0.3, 0.4) is 0 Å². The van der Waals surface area contributed by atoms with E-state index < -0.39 is 29.4 Å². The fourth-order valence-electron chi connectivity index (χ4n) is 2.51. The third-order valence-electron chi connectivity index (χ3n) is 3.82. The molecule has 1 aliphatic rings. The highest BCUT2D eigenvalue weighted by atomic mass is 32.2. The van der Waals surface area contributed by atoms with Crippen molar-refractivity contribution in [3.8, 4) is 5.75 Å². The lowest BCUT2D eigenvalue weighted by atomic mass is 10.2. The van der Waals surface area contributed by atoms with Crippen LogP contribution in [0.5, 0.6) is 5.75 Å². The molecule has 2 aromatic rings. The van der Waals surface area contributed by atoms with E-state index in [-0.39, 0.29) is 10.5 Å². The Morgan fingerprint density at radius 1 is 1.18 bits per heavy atom. The van der Waals surface area contributed by atoms with Crippen LogP contribution in [0.2, 0.25) is 0 Å². The number of carbonyl (C=O) groups is 3. The van der Waals surface area contributed by atoms with Crippen molar-refractivity contribution in [2.45, 2.75) is 6.92 Å². The largest absolute Gasteiger partial charge is 0.494 e. The molecule has 0 radical (unpaired) electrons. The second-order valence-electron chi connectivity index (χ2n) is 5.79. The van der Waals surface area contributed by atoms with Gasteiger partial charge in [-0.25, -0.2) is 4.39 Å². The SMILES string of the molecule is CCOc1ccc(NC(=O)CN2C(=O)S/C(=C/c3ccccc3F)C2=O)cc1. The van der Waals surface area contributed by atoms with Crippen LogP contribution in [0.1, 0.15) is 12.5 Å². The van der Waals surface area contributed by atoms with Crippen LogP contribution in [0, 0.1) is 5.82 Å². The van der Waals surface area contributed by atoms with E-state index >= 15 is 0 Å². The van der Waals surface area contributed by atoms with Gasteiger partial charge in [-0.2, -0.15) is 0 Å². The number of nitrogens with one attached hydrogen (secondary N) is 1. The van der Waals surface area contributed by atoms with Gasteiger partial charge in [0.2, 0.25) is 5.91 Å². The van der Waals surface area contributed by atoms with Gasteiger partial charge in [0.25, 0.3) is 11.1 Å². The van der Waals surface area contributed by atoms with E-state index in [4.69, 9.17) is 4.74 Å². The highest BCUT2D eigenvalue weighted by Gasteiger charge is 2.36. The zero-order chi connectivity index (χ0) is 20.1. The Morgan fingerprint density at radius 3 is 2.57 bits per heavy atom. The van der Waals surface area contributed by atoms with Gasteiger partial charge >= 0.3 is 0 Å². The summed E-state index contributed by atoms with van der Waals surface area (Å²) in [6, 6.07) is 12.7. The Labute approximate surface area is 165 Å². The maximum atomic E-state index is 13.8. The van der Waals surface area contributed by atoms with Crippen molar-refractivity contribution in [2.75, 3.05) is 18.5 Å². The van der Waals surface area contributed by atoms with Crippen molar-refractivity contribution >= 4 is 40.6 Å². The first-order valence-corrected chi connectivity index (χ1v) is 9.32. The Kier molecular flexibility index (Phi) is 6.10. The molecule has 3 rings (SSSR count). The van der Waals surface area contributed by atoms with Crippen molar-refractivity contribution in [2.24, 2.45) is 0 Å². The number of rotatable bonds is 6. The lowest BCUT2D eigenvalue weighted by Gasteiger charge is -2.12. The van der Waals surface area contributed by atoms with Gasteiger partial charge in [0.1, 0.15) is 18.1 Å². The summed E-state index contributed by atoms with van der Waals surface area (Å²) < 4.78 is 19.1. The number of nitrogens with zero attached hydrogens (tertiary/aromatic N) is 1. The van der Waals surface area contributed by atoms with Gasteiger partial charge in [-0.3, -0.25) is 19.3 Å². The average Bonchev–Trinajstić information content (AvgIpc) is 2.93. The highest BCUT2D eigenvalue weighted by molar-refractivity contribution is 8.18. The van der Waals surface area contributed by atoms with Crippen LogP contribution >= 0.6 is 11.8 Å². The first-order chi connectivity index (χ1) is 13.5. The molecule has 0 aliphatic carbocycles. The Balaban J connectivity index is 1.65. The maximum Gasteiger partial charge on any atom is 0.294 e. The van der Waals surface area contributed by atoms with E-state index in [1.807, 2.05) is 6.92 Å². The summed E-state index contributed by atoms with van der Waals surface area (Å²) in [5, 5.41) is 2.05. The molecule has 8 heteroatoms. The molecule has 144 valence electrons. The van der Waals surface area contributed by atoms with Crippen LogP contribution in [0.15, 0.2) is 53.4 Å². The Hall–Kier alpha value is -3.13. The summed E-state index contributed by atoms with van der Waals surface area (Å²) in [6.45, 7) is 1.98. The van der Waals surface area contributed by atoms with Gasteiger partial charge in [0.15, 0.2) is 0 Å². The molecule has 1 saturated heterocycles. The minimum absolute atomic E-state index is 0.0731. The minimum Gasteiger partial charge on any atom is -0.494 e. The fourth-order valence-corrected chi connectivity index (χ4v) is 3.34. The predicted octanol–water partition coefficient (Wildman–Crippen LogP) is 3.90. The van der Waals surface area contributed by atoms with Crippen LogP contribution in [0.25, 0.3) is 6.08 Å². The monoisotopic (exact) mass is 400 g/mol. The standard InChI is InChI=1S/C20H17FN2O4S/c1-2-27-15-9-7-14(8-10-15)22-18(24)12-23-19(25)17(28-20(23)26)11-13-5-3-4-6-16(13)21/h3-11H,2,12H2,1H3,(H,22,24)/b17-11+. The van der Waals surface area contributed by atoms with Gasteiger partial charge in [-0.1, -0.05) is 18.2 Å². The number of amides is 3. The number of thioether (sulfide) groups is 1. The van der Waals surface area contributed by atoms with E-state index in [0.717, 1.165) is 4.90 Å². The summed E-state index contributed by atoms with van der Waals surface area (Å²) in [4.78, 5) is 37.7. The summed E-state index contributed by atoms with van der Waals surface area (Å²) >= 11 is 0.676. The molecule has 0 bridgehead atoms. The maximum absolute atomic E-state index is 13.8. The highest BCUT2D eigenvalue weighted by Crippen LogP contribution is 2.32. The second-order valence-corrected chi connectivity index (χ2v) is 6.79. The number of benzene rings is 2. The van der Waals surface area contributed by atoms with E-state index in [0.29, 0.717) is 29.8 Å². The van der Waals surface area contributed by atoms with Crippen molar-refractivity contribution in [1.29, 1.82) is 0 Å². The lowest BCUT2D eigenvalue weighted by Crippen LogP contribution is -2.36. The summed E-state index contributed by atoms with van der Waals surface area (Å²) in [7, 11) is 0. The summed E-state index contributed by atoms with van der Waals surface area (Å²) in [5.74, 6) is -0.967. The van der Waals surface area contributed by atoms with E-state index in [1.54, 1.807) is 30.3 Å². The van der Waals surface area contributed by atoms with Gasteiger partial charge in [-0.05, 0) is 55.1 Å². The van der Waals surface area contributed by atoms with Crippen molar-refractivity contribution in [3.63, 3.8) is 0 Å². The zero-order valence-electron chi connectivity index (χ0n) is 15.0. The normalized spacial score (nSPS) is 15.2.